The minimum atomic E-state index is -0.121. The summed E-state index contributed by atoms with van der Waals surface area (Å²) in [6.07, 6.45) is 5.40. The molecule has 2 saturated heterocycles. The molecule has 0 radical (unpaired) electrons. The van der Waals surface area contributed by atoms with Crippen molar-refractivity contribution in [3.05, 3.63) is 35.9 Å². The lowest BCUT2D eigenvalue weighted by molar-refractivity contribution is 0.0975. The van der Waals surface area contributed by atoms with Crippen molar-refractivity contribution in [3.63, 3.8) is 0 Å². The molecule has 2 N–H and O–H groups in total. The van der Waals surface area contributed by atoms with Crippen molar-refractivity contribution in [1.29, 1.82) is 0 Å². The molecule has 7 heteroatoms. The van der Waals surface area contributed by atoms with E-state index < -0.39 is 0 Å². The van der Waals surface area contributed by atoms with Gasteiger partial charge in [-0.3, -0.25) is 0 Å². The number of aromatic amines is 1. The van der Waals surface area contributed by atoms with E-state index in [2.05, 4.69) is 21.8 Å². The van der Waals surface area contributed by atoms with Crippen molar-refractivity contribution in [2.75, 3.05) is 24.6 Å². The number of nitrogens with one attached hydrogen (secondary N) is 1. The lowest BCUT2D eigenvalue weighted by Gasteiger charge is -2.39. The van der Waals surface area contributed by atoms with E-state index in [0.29, 0.717) is 17.2 Å². The van der Waals surface area contributed by atoms with E-state index in [0.717, 1.165) is 72.8 Å². The second-order valence-electron chi connectivity index (χ2n) is 8.53. The standard InChI is InChI=1S/C22H27N5O2/c1-14-10-22(12-29-14)5-7-27(8-6-22)21-19(11-28)26-20(15(2)25-21)16-3-4-17-18(9-16)24-13-23-17/h3-4,9,13-14,28H,5-8,10-12H2,1-2H3,(H,23,24)/t14-/m0/s1. The van der Waals surface area contributed by atoms with Crippen LogP contribution in [0.1, 0.15) is 37.6 Å². The van der Waals surface area contributed by atoms with Gasteiger partial charge in [0.25, 0.3) is 0 Å². The molecule has 7 nitrogen and oxygen atoms in total. The van der Waals surface area contributed by atoms with Crippen LogP contribution in [0.2, 0.25) is 0 Å². The number of aliphatic hydroxyl groups is 1. The van der Waals surface area contributed by atoms with E-state index >= 15 is 0 Å². The predicted octanol–water partition coefficient (Wildman–Crippen LogP) is 3.22. The summed E-state index contributed by atoms with van der Waals surface area (Å²) in [6, 6.07) is 6.02. The van der Waals surface area contributed by atoms with Crippen molar-refractivity contribution < 1.29 is 9.84 Å². The number of aliphatic hydroxyl groups excluding tert-OH is 1. The third-order valence-corrected chi connectivity index (χ3v) is 6.48. The zero-order valence-corrected chi connectivity index (χ0v) is 17.0. The Bertz CT molecular complexity index is 1040. The summed E-state index contributed by atoms with van der Waals surface area (Å²) >= 11 is 0. The van der Waals surface area contributed by atoms with Gasteiger partial charge in [0.05, 0.1) is 48.1 Å². The number of imidazole rings is 1. The molecule has 2 aliphatic rings. The number of ether oxygens (including phenoxy) is 1. The molecular formula is C22H27N5O2. The molecule has 0 bridgehead atoms. The highest BCUT2D eigenvalue weighted by Gasteiger charge is 2.41. The van der Waals surface area contributed by atoms with Gasteiger partial charge in [0.15, 0.2) is 5.82 Å². The molecule has 5 rings (SSSR count). The number of anilines is 1. The number of H-pyrrole nitrogens is 1. The first kappa shape index (κ1) is 18.5. The first-order chi connectivity index (χ1) is 14.1. The van der Waals surface area contributed by atoms with Gasteiger partial charge in [0.2, 0.25) is 0 Å². The van der Waals surface area contributed by atoms with Gasteiger partial charge in [-0.2, -0.15) is 0 Å². The summed E-state index contributed by atoms with van der Waals surface area (Å²) in [6.45, 7) is 6.76. The van der Waals surface area contributed by atoms with Crippen molar-refractivity contribution in [3.8, 4) is 11.3 Å². The SMILES string of the molecule is Cc1nc(N2CCC3(CC2)CO[C@@H](C)C3)c(CO)nc1-c1ccc2nc[nH]c2c1. The Labute approximate surface area is 170 Å². The lowest BCUT2D eigenvalue weighted by Crippen LogP contribution is -2.41. The normalized spacial score (nSPS) is 21.3. The molecule has 0 amide bonds. The smallest absolute Gasteiger partial charge is 0.153 e. The maximum Gasteiger partial charge on any atom is 0.153 e. The fourth-order valence-corrected chi connectivity index (χ4v) is 4.85. The zero-order valence-electron chi connectivity index (χ0n) is 17.0. The monoisotopic (exact) mass is 393 g/mol. The predicted molar refractivity (Wildman–Crippen MR) is 112 cm³/mol. The maximum atomic E-state index is 10.0. The molecule has 0 saturated carbocycles. The molecule has 1 aromatic carbocycles. The van der Waals surface area contributed by atoms with Crippen LogP contribution in [0.5, 0.6) is 0 Å². The van der Waals surface area contributed by atoms with E-state index in [1.807, 2.05) is 25.1 Å². The molecule has 4 heterocycles. The molecule has 2 fully saturated rings. The third kappa shape index (κ3) is 3.28. The van der Waals surface area contributed by atoms with Crippen molar-refractivity contribution in [1.82, 2.24) is 19.9 Å². The molecule has 2 aromatic heterocycles. The van der Waals surface area contributed by atoms with Crippen molar-refractivity contribution >= 4 is 16.9 Å². The van der Waals surface area contributed by atoms with Crippen LogP contribution in [0.4, 0.5) is 5.82 Å². The first-order valence-electron chi connectivity index (χ1n) is 10.4. The number of benzene rings is 1. The number of hydrogen-bond acceptors (Lipinski definition) is 6. The second-order valence-corrected chi connectivity index (χ2v) is 8.53. The van der Waals surface area contributed by atoms with E-state index in [4.69, 9.17) is 14.7 Å². The van der Waals surface area contributed by atoms with Crippen LogP contribution in [-0.2, 0) is 11.3 Å². The first-order valence-corrected chi connectivity index (χ1v) is 10.4. The largest absolute Gasteiger partial charge is 0.390 e. The van der Waals surface area contributed by atoms with Crippen molar-refractivity contribution in [2.45, 2.75) is 45.8 Å². The minimum absolute atomic E-state index is 0.121. The number of rotatable bonds is 3. The number of nitrogens with zero attached hydrogens (tertiary/aromatic N) is 4. The Balaban J connectivity index is 1.43. The highest BCUT2D eigenvalue weighted by atomic mass is 16.5. The van der Waals surface area contributed by atoms with Gasteiger partial charge < -0.3 is 19.7 Å². The van der Waals surface area contributed by atoms with E-state index in [1.165, 1.54) is 0 Å². The highest BCUT2D eigenvalue weighted by Crippen LogP contribution is 2.42. The average molecular weight is 393 g/mol. The quantitative estimate of drug-likeness (QED) is 0.710. The Morgan fingerprint density at radius 3 is 2.83 bits per heavy atom. The summed E-state index contributed by atoms with van der Waals surface area (Å²) in [4.78, 5) is 19.4. The van der Waals surface area contributed by atoms with E-state index in [1.54, 1.807) is 6.33 Å². The van der Waals surface area contributed by atoms with Gasteiger partial charge >= 0.3 is 0 Å². The number of aromatic nitrogens is 4. The number of piperidine rings is 1. The van der Waals surface area contributed by atoms with Crippen LogP contribution >= 0.6 is 0 Å². The molecule has 29 heavy (non-hydrogen) atoms. The summed E-state index contributed by atoms with van der Waals surface area (Å²) in [7, 11) is 0. The summed E-state index contributed by atoms with van der Waals surface area (Å²) in [5.74, 6) is 0.818. The molecule has 1 spiro atoms. The molecule has 2 aliphatic heterocycles. The number of aryl methyl sites for hydroxylation is 1. The highest BCUT2D eigenvalue weighted by molar-refractivity contribution is 5.81. The van der Waals surface area contributed by atoms with Gasteiger partial charge in [-0.15, -0.1) is 0 Å². The van der Waals surface area contributed by atoms with Crippen molar-refractivity contribution in [2.24, 2.45) is 5.41 Å². The Morgan fingerprint density at radius 1 is 1.28 bits per heavy atom. The fraction of sp³-hybridized carbons (Fsp3) is 0.500. The van der Waals surface area contributed by atoms with Crippen LogP contribution in [-0.4, -0.2) is 50.8 Å². The van der Waals surface area contributed by atoms with Crippen LogP contribution in [0.25, 0.3) is 22.3 Å². The maximum absolute atomic E-state index is 10.0. The third-order valence-electron chi connectivity index (χ3n) is 6.48. The van der Waals surface area contributed by atoms with E-state index in [-0.39, 0.29) is 6.61 Å². The van der Waals surface area contributed by atoms with Crippen LogP contribution in [0.15, 0.2) is 24.5 Å². The van der Waals surface area contributed by atoms with Crippen LogP contribution in [0, 0.1) is 12.3 Å². The minimum Gasteiger partial charge on any atom is -0.390 e. The Kier molecular flexibility index (Phi) is 4.52. The molecule has 152 valence electrons. The second kappa shape index (κ2) is 7.07. The molecule has 0 unspecified atom stereocenters. The molecule has 1 atom stereocenters. The fourth-order valence-electron chi connectivity index (χ4n) is 4.85. The van der Waals surface area contributed by atoms with E-state index in [9.17, 15) is 5.11 Å². The summed E-state index contributed by atoms with van der Waals surface area (Å²) in [5, 5.41) is 10.0. The van der Waals surface area contributed by atoms with Gasteiger partial charge in [-0.25, -0.2) is 15.0 Å². The summed E-state index contributed by atoms with van der Waals surface area (Å²) < 4.78 is 5.85. The zero-order chi connectivity index (χ0) is 20.0. The number of fused-ring (bicyclic) bond motifs is 1. The van der Waals surface area contributed by atoms with Crippen LogP contribution in [0.3, 0.4) is 0 Å². The van der Waals surface area contributed by atoms with Gasteiger partial charge in [-0.1, -0.05) is 6.07 Å². The summed E-state index contributed by atoms with van der Waals surface area (Å²) in [5.41, 5.74) is 5.50. The molecular weight excluding hydrogens is 366 g/mol. The lowest BCUT2D eigenvalue weighted by atomic mass is 9.77. The molecule has 0 aliphatic carbocycles. The average Bonchev–Trinajstić information content (AvgIpc) is 3.34. The van der Waals surface area contributed by atoms with Gasteiger partial charge in [-0.05, 0) is 50.7 Å². The number of hydrogen-bond donors (Lipinski definition) is 2. The topological polar surface area (TPSA) is 87.2 Å². The van der Waals surface area contributed by atoms with Gasteiger partial charge in [0, 0.05) is 18.7 Å². The van der Waals surface area contributed by atoms with Gasteiger partial charge in [0.1, 0.15) is 5.69 Å². The Morgan fingerprint density at radius 2 is 2.10 bits per heavy atom. The van der Waals surface area contributed by atoms with Crippen LogP contribution < -0.4 is 4.90 Å². The Hall–Kier alpha value is -2.51. The molecule has 3 aromatic rings.